The number of amides is 1. The highest BCUT2D eigenvalue weighted by Crippen LogP contribution is 2.36. The first kappa shape index (κ1) is 14.5. The molecule has 1 aromatic carbocycles. The van der Waals surface area contributed by atoms with Crippen molar-refractivity contribution in [3.8, 4) is 16.3 Å². The van der Waals surface area contributed by atoms with Gasteiger partial charge in [0.15, 0.2) is 5.01 Å². The van der Waals surface area contributed by atoms with E-state index in [2.05, 4.69) is 10.2 Å². The van der Waals surface area contributed by atoms with Gasteiger partial charge in [0, 0.05) is 13.0 Å². The Labute approximate surface area is 130 Å². The van der Waals surface area contributed by atoms with Gasteiger partial charge in [-0.2, -0.15) is 0 Å². The molecule has 0 bridgehead atoms. The Hall–Kier alpha value is -2.48. The maximum absolute atomic E-state index is 11.9. The molecule has 0 saturated carbocycles. The van der Waals surface area contributed by atoms with Gasteiger partial charge in [0.05, 0.1) is 18.6 Å². The highest BCUT2D eigenvalue weighted by atomic mass is 32.1. The quantitative estimate of drug-likeness (QED) is 0.921. The molecule has 1 atom stereocenters. The molecule has 1 unspecified atom stereocenters. The molecule has 1 fully saturated rings. The second-order valence-corrected chi connectivity index (χ2v) is 5.79. The lowest BCUT2D eigenvalue weighted by Crippen LogP contribution is -2.25. The summed E-state index contributed by atoms with van der Waals surface area (Å²) in [4.78, 5) is 24.3. The van der Waals surface area contributed by atoms with E-state index in [0.29, 0.717) is 15.9 Å². The van der Waals surface area contributed by atoms with Crippen LogP contribution in [0.3, 0.4) is 0 Å². The molecular formula is C14H13N3O4S. The minimum Gasteiger partial charge on any atom is -0.496 e. The number of ether oxygens (including phenoxy) is 1. The summed E-state index contributed by atoms with van der Waals surface area (Å²) in [6, 6.07) is 7.39. The highest BCUT2D eigenvalue weighted by Gasteiger charge is 2.36. The van der Waals surface area contributed by atoms with Crippen LogP contribution in [-0.4, -0.2) is 40.8 Å². The number of hydrogen-bond donors (Lipinski definition) is 1. The van der Waals surface area contributed by atoms with Crippen LogP contribution in [0.15, 0.2) is 24.3 Å². The number of carbonyl (C=O) groups is 2. The molecule has 22 heavy (non-hydrogen) atoms. The lowest BCUT2D eigenvalue weighted by molar-refractivity contribution is -0.141. The van der Waals surface area contributed by atoms with Crippen molar-refractivity contribution in [2.45, 2.75) is 6.42 Å². The zero-order valence-electron chi connectivity index (χ0n) is 11.7. The van der Waals surface area contributed by atoms with E-state index in [4.69, 9.17) is 9.84 Å². The minimum absolute atomic E-state index is 0.00109. The molecule has 7 nitrogen and oxygen atoms in total. The fourth-order valence-corrected chi connectivity index (χ4v) is 3.21. The van der Waals surface area contributed by atoms with E-state index < -0.39 is 11.9 Å². The highest BCUT2D eigenvalue weighted by molar-refractivity contribution is 7.18. The van der Waals surface area contributed by atoms with Crippen molar-refractivity contribution >= 4 is 28.3 Å². The second-order valence-electron chi connectivity index (χ2n) is 4.83. The Kier molecular flexibility index (Phi) is 3.76. The SMILES string of the molecule is COc1ccccc1-c1nnc(N2CC(C(=O)O)CC2=O)s1. The monoisotopic (exact) mass is 319 g/mol. The maximum Gasteiger partial charge on any atom is 0.308 e. The Morgan fingerprint density at radius 1 is 1.41 bits per heavy atom. The Morgan fingerprint density at radius 2 is 2.18 bits per heavy atom. The fourth-order valence-electron chi connectivity index (χ4n) is 2.31. The van der Waals surface area contributed by atoms with Crippen LogP contribution in [0.1, 0.15) is 6.42 Å². The number of nitrogens with zero attached hydrogens (tertiary/aromatic N) is 3. The summed E-state index contributed by atoms with van der Waals surface area (Å²) in [6.45, 7) is 0.134. The summed E-state index contributed by atoms with van der Waals surface area (Å²) >= 11 is 1.24. The number of carboxylic acids is 1. The molecule has 114 valence electrons. The number of rotatable bonds is 4. The predicted molar refractivity (Wildman–Crippen MR) is 80.0 cm³/mol. The van der Waals surface area contributed by atoms with E-state index in [-0.39, 0.29) is 18.9 Å². The van der Waals surface area contributed by atoms with E-state index in [0.717, 1.165) is 5.56 Å². The molecule has 1 amide bonds. The average Bonchev–Trinajstić information content (AvgIpc) is 3.13. The molecule has 1 aromatic heterocycles. The number of carbonyl (C=O) groups excluding carboxylic acids is 1. The zero-order valence-corrected chi connectivity index (χ0v) is 12.5. The number of aromatic nitrogens is 2. The van der Waals surface area contributed by atoms with Crippen LogP contribution >= 0.6 is 11.3 Å². The molecule has 8 heteroatoms. The van der Waals surface area contributed by atoms with Crippen LogP contribution < -0.4 is 9.64 Å². The van der Waals surface area contributed by atoms with Crippen LogP contribution in [0.5, 0.6) is 5.75 Å². The number of benzene rings is 1. The van der Waals surface area contributed by atoms with E-state index in [1.165, 1.54) is 16.2 Å². The molecule has 2 heterocycles. The van der Waals surface area contributed by atoms with Crippen LogP contribution in [0.4, 0.5) is 5.13 Å². The maximum atomic E-state index is 11.9. The van der Waals surface area contributed by atoms with Gasteiger partial charge in [-0.25, -0.2) is 0 Å². The van der Waals surface area contributed by atoms with Gasteiger partial charge in [-0.3, -0.25) is 14.5 Å². The van der Waals surface area contributed by atoms with Crippen molar-refractivity contribution in [3.63, 3.8) is 0 Å². The molecule has 1 aliphatic rings. The van der Waals surface area contributed by atoms with Gasteiger partial charge in [0.2, 0.25) is 11.0 Å². The second kappa shape index (κ2) is 5.72. The Morgan fingerprint density at radius 3 is 2.86 bits per heavy atom. The summed E-state index contributed by atoms with van der Waals surface area (Å²) in [7, 11) is 1.57. The van der Waals surface area contributed by atoms with E-state index in [1.54, 1.807) is 7.11 Å². The number of hydrogen-bond acceptors (Lipinski definition) is 6. The average molecular weight is 319 g/mol. The predicted octanol–water partition coefficient (Wildman–Crippen LogP) is 1.65. The first-order valence-corrected chi connectivity index (χ1v) is 7.42. The number of carboxylic acid groups (broad SMARTS) is 1. The Balaban J connectivity index is 1.88. The lowest BCUT2D eigenvalue weighted by atomic mass is 10.1. The van der Waals surface area contributed by atoms with Crippen LogP contribution in [0.2, 0.25) is 0 Å². The first-order valence-electron chi connectivity index (χ1n) is 6.60. The third-order valence-electron chi connectivity index (χ3n) is 3.46. The van der Waals surface area contributed by atoms with Gasteiger partial charge in [0.1, 0.15) is 5.75 Å². The van der Waals surface area contributed by atoms with Gasteiger partial charge in [-0.05, 0) is 12.1 Å². The smallest absolute Gasteiger partial charge is 0.308 e. The van der Waals surface area contributed by atoms with Crippen molar-refractivity contribution in [2.75, 3.05) is 18.6 Å². The number of aliphatic carboxylic acids is 1. The summed E-state index contributed by atoms with van der Waals surface area (Å²) in [5.74, 6) is -1.23. The fraction of sp³-hybridized carbons (Fsp3) is 0.286. The van der Waals surface area contributed by atoms with E-state index in [1.807, 2.05) is 24.3 Å². The molecule has 2 aromatic rings. The van der Waals surface area contributed by atoms with Gasteiger partial charge in [0.25, 0.3) is 0 Å². The Bertz CT molecular complexity index is 730. The molecule has 0 radical (unpaired) electrons. The third kappa shape index (κ3) is 2.52. The van der Waals surface area contributed by atoms with E-state index >= 15 is 0 Å². The van der Waals surface area contributed by atoms with Crippen molar-refractivity contribution < 1.29 is 19.4 Å². The van der Waals surface area contributed by atoms with Crippen LogP contribution in [0, 0.1) is 5.92 Å². The molecule has 1 saturated heterocycles. The molecule has 3 rings (SSSR count). The molecule has 1 N–H and O–H groups in total. The third-order valence-corrected chi connectivity index (χ3v) is 4.44. The number of para-hydroxylation sites is 1. The zero-order chi connectivity index (χ0) is 15.7. The molecule has 1 aliphatic heterocycles. The van der Waals surface area contributed by atoms with Gasteiger partial charge in [-0.1, -0.05) is 23.5 Å². The molecule has 0 aliphatic carbocycles. The van der Waals surface area contributed by atoms with Crippen LogP contribution in [-0.2, 0) is 9.59 Å². The van der Waals surface area contributed by atoms with Crippen molar-refractivity contribution in [3.05, 3.63) is 24.3 Å². The lowest BCUT2D eigenvalue weighted by Gasteiger charge is -2.10. The van der Waals surface area contributed by atoms with Gasteiger partial charge >= 0.3 is 5.97 Å². The summed E-state index contributed by atoms with van der Waals surface area (Å²) in [5.41, 5.74) is 0.787. The summed E-state index contributed by atoms with van der Waals surface area (Å²) in [6.07, 6.45) is -0.00109. The van der Waals surface area contributed by atoms with Crippen molar-refractivity contribution in [1.82, 2.24) is 10.2 Å². The van der Waals surface area contributed by atoms with Gasteiger partial charge < -0.3 is 9.84 Å². The first-order chi connectivity index (χ1) is 10.6. The number of methoxy groups -OCH3 is 1. The van der Waals surface area contributed by atoms with Crippen molar-refractivity contribution in [1.29, 1.82) is 0 Å². The topological polar surface area (TPSA) is 92.6 Å². The van der Waals surface area contributed by atoms with Crippen LogP contribution in [0.25, 0.3) is 10.6 Å². The number of anilines is 1. The largest absolute Gasteiger partial charge is 0.496 e. The molecular weight excluding hydrogens is 306 g/mol. The van der Waals surface area contributed by atoms with E-state index in [9.17, 15) is 9.59 Å². The minimum atomic E-state index is -0.967. The van der Waals surface area contributed by atoms with Crippen molar-refractivity contribution in [2.24, 2.45) is 5.92 Å². The normalized spacial score (nSPS) is 17.8. The van der Waals surface area contributed by atoms with Gasteiger partial charge in [-0.15, -0.1) is 10.2 Å². The summed E-state index contributed by atoms with van der Waals surface area (Å²) < 4.78 is 5.28. The standard InChI is InChI=1S/C14H13N3O4S/c1-21-10-5-3-2-4-9(10)12-15-16-14(22-12)17-7-8(13(19)20)6-11(17)18/h2-5,8H,6-7H2,1H3,(H,19,20). The molecule has 0 spiro atoms. The summed E-state index contributed by atoms with van der Waals surface area (Å²) in [5, 5.41) is 18.2.